The van der Waals surface area contributed by atoms with Crippen LogP contribution in [0.1, 0.15) is 18.2 Å². The standard InChI is InChI=1S/C9H14N4O2/c1-13-8(11-5-12-13)6-2-3-10-4-7(6)9(14)15/h5-7,10H,2-4H2,1H3,(H,14,15). The Morgan fingerprint density at radius 2 is 2.53 bits per heavy atom. The van der Waals surface area contributed by atoms with Crippen LogP contribution >= 0.6 is 0 Å². The predicted octanol–water partition coefficient (Wildman–Crippen LogP) is -0.407. The van der Waals surface area contributed by atoms with Crippen LogP contribution in [0.2, 0.25) is 0 Å². The average molecular weight is 210 g/mol. The Kier molecular flexibility index (Phi) is 2.68. The van der Waals surface area contributed by atoms with Gasteiger partial charge in [0.2, 0.25) is 0 Å². The van der Waals surface area contributed by atoms with Gasteiger partial charge in [0.05, 0.1) is 5.92 Å². The maximum atomic E-state index is 11.1. The molecule has 0 spiro atoms. The lowest BCUT2D eigenvalue weighted by molar-refractivity contribution is -0.143. The number of carbonyl (C=O) groups is 1. The summed E-state index contributed by atoms with van der Waals surface area (Å²) >= 11 is 0. The van der Waals surface area contributed by atoms with E-state index in [-0.39, 0.29) is 5.92 Å². The number of nitrogens with zero attached hydrogens (tertiary/aromatic N) is 3. The first-order valence-corrected chi connectivity index (χ1v) is 4.97. The molecule has 1 aromatic rings. The molecule has 1 fully saturated rings. The number of piperidine rings is 1. The van der Waals surface area contributed by atoms with Crippen molar-refractivity contribution >= 4 is 5.97 Å². The van der Waals surface area contributed by atoms with Crippen molar-refractivity contribution in [3.63, 3.8) is 0 Å². The van der Waals surface area contributed by atoms with E-state index in [2.05, 4.69) is 15.4 Å². The second-order valence-corrected chi connectivity index (χ2v) is 3.79. The highest BCUT2D eigenvalue weighted by atomic mass is 16.4. The Balaban J connectivity index is 2.25. The van der Waals surface area contributed by atoms with Crippen LogP contribution in [0.4, 0.5) is 0 Å². The van der Waals surface area contributed by atoms with Crippen molar-refractivity contribution in [2.45, 2.75) is 12.3 Å². The van der Waals surface area contributed by atoms with Gasteiger partial charge in [-0.05, 0) is 13.0 Å². The fourth-order valence-electron chi connectivity index (χ4n) is 2.07. The number of nitrogens with one attached hydrogen (secondary N) is 1. The lowest BCUT2D eigenvalue weighted by atomic mass is 9.86. The summed E-state index contributed by atoms with van der Waals surface area (Å²) in [4.78, 5) is 15.2. The van der Waals surface area contributed by atoms with Crippen molar-refractivity contribution in [1.29, 1.82) is 0 Å². The van der Waals surface area contributed by atoms with Crippen LogP contribution in [-0.2, 0) is 11.8 Å². The van der Waals surface area contributed by atoms with Crippen LogP contribution in [-0.4, -0.2) is 38.9 Å². The Morgan fingerprint density at radius 1 is 1.73 bits per heavy atom. The summed E-state index contributed by atoms with van der Waals surface area (Å²) in [6, 6.07) is 0. The van der Waals surface area contributed by atoms with Gasteiger partial charge in [-0.2, -0.15) is 5.10 Å². The second kappa shape index (κ2) is 3.98. The van der Waals surface area contributed by atoms with Gasteiger partial charge in [0.1, 0.15) is 12.2 Å². The number of carboxylic acid groups (broad SMARTS) is 1. The summed E-state index contributed by atoms with van der Waals surface area (Å²) in [5.74, 6) is -0.433. The molecule has 15 heavy (non-hydrogen) atoms. The third-order valence-corrected chi connectivity index (χ3v) is 2.88. The fraction of sp³-hybridized carbons (Fsp3) is 0.667. The molecule has 2 N–H and O–H groups in total. The summed E-state index contributed by atoms with van der Waals surface area (Å²) in [6.45, 7) is 1.34. The monoisotopic (exact) mass is 210 g/mol. The molecule has 0 saturated carbocycles. The average Bonchev–Trinajstić information content (AvgIpc) is 2.64. The van der Waals surface area contributed by atoms with Gasteiger partial charge in [0.25, 0.3) is 0 Å². The molecular formula is C9H14N4O2. The SMILES string of the molecule is Cn1ncnc1C1CCNCC1C(=O)O. The lowest BCUT2D eigenvalue weighted by Gasteiger charge is -2.28. The van der Waals surface area contributed by atoms with Gasteiger partial charge >= 0.3 is 5.97 Å². The van der Waals surface area contributed by atoms with E-state index in [1.54, 1.807) is 11.7 Å². The fourth-order valence-corrected chi connectivity index (χ4v) is 2.07. The molecule has 6 nitrogen and oxygen atoms in total. The maximum absolute atomic E-state index is 11.1. The minimum absolute atomic E-state index is 0.0313. The molecule has 6 heteroatoms. The molecule has 1 aliphatic heterocycles. The summed E-state index contributed by atoms with van der Waals surface area (Å²) in [7, 11) is 1.79. The molecule has 1 saturated heterocycles. The van der Waals surface area contributed by atoms with E-state index in [9.17, 15) is 4.79 Å². The minimum Gasteiger partial charge on any atom is -0.481 e. The topological polar surface area (TPSA) is 80.0 Å². The van der Waals surface area contributed by atoms with Crippen molar-refractivity contribution in [2.75, 3.05) is 13.1 Å². The molecule has 2 rings (SSSR count). The van der Waals surface area contributed by atoms with E-state index in [1.165, 1.54) is 6.33 Å². The van der Waals surface area contributed by atoms with E-state index in [0.717, 1.165) is 18.8 Å². The molecule has 0 radical (unpaired) electrons. The largest absolute Gasteiger partial charge is 0.481 e. The van der Waals surface area contributed by atoms with Gasteiger partial charge in [0.15, 0.2) is 0 Å². The first-order valence-electron chi connectivity index (χ1n) is 4.97. The Morgan fingerprint density at radius 3 is 3.13 bits per heavy atom. The minimum atomic E-state index is -0.768. The zero-order valence-corrected chi connectivity index (χ0v) is 8.55. The summed E-state index contributed by atoms with van der Waals surface area (Å²) in [5.41, 5.74) is 0. The van der Waals surface area contributed by atoms with Gasteiger partial charge in [-0.1, -0.05) is 0 Å². The van der Waals surface area contributed by atoms with Crippen LogP contribution in [0.3, 0.4) is 0 Å². The number of rotatable bonds is 2. The Labute approximate surface area is 87.3 Å². The third kappa shape index (κ3) is 1.85. The van der Waals surface area contributed by atoms with Crippen molar-refractivity contribution in [2.24, 2.45) is 13.0 Å². The number of hydrogen-bond acceptors (Lipinski definition) is 4. The van der Waals surface area contributed by atoms with E-state index >= 15 is 0 Å². The zero-order valence-electron chi connectivity index (χ0n) is 8.55. The highest BCUT2D eigenvalue weighted by Gasteiger charge is 2.34. The van der Waals surface area contributed by atoms with Gasteiger partial charge in [-0.25, -0.2) is 4.98 Å². The quantitative estimate of drug-likeness (QED) is 0.693. The maximum Gasteiger partial charge on any atom is 0.308 e. The predicted molar refractivity (Wildman–Crippen MR) is 52.4 cm³/mol. The third-order valence-electron chi connectivity index (χ3n) is 2.88. The molecule has 0 aliphatic carbocycles. The van der Waals surface area contributed by atoms with Crippen LogP contribution in [0.5, 0.6) is 0 Å². The Hall–Kier alpha value is -1.43. The van der Waals surface area contributed by atoms with Gasteiger partial charge in [0, 0.05) is 19.5 Å². The van der Waals surface area contributed by atoms with Gasteiger partial charge < -0.3 is 10.4 Å². The van der Waals surface area contributed by atoms with Crippen LogP contribution in [0.15, 0.2) is 6.33 Å². The van der Waals surface area contributed by atoms with Crippen LogP contribution < -0.4 is 5.32 Å². The van der Waals surface area contributed by atoms with E-state index in [1.807, 2.05) is 0 Å². The number of carboxylic acids is 1. The molecule has 0 aromatic carbocycles. The zero-order chi connectivity index (χ0) is 10.8. The van der Waals surface area contributed by atoms with Gasteiger partial charge in [-0.15, -0.1) is 0 Å². The smallest absolute Gasteiger partial charge is 0.308 e. The molecule has 0 bridgehead atoms. The molecule has 1 aromatic heterocycles. The first-order chi connectivity index (χ1) is 7.20. The normalized spacial score (nSPS) is 26.5. The molecule has 0 amide bonds. The molecule has 1 aliphatic rings. The number of aliphatic carboxylic acids is 1. The molecule has 2 atom stereocenters. The molecule has 82 valence electrons. The summed E-state index contributed by atoms with van der Waals surface area (Å²) < 4.78 is 1.66. The summed E-state index contributed by atoms with van der Waals surface area (Å²) in [5, 5.41) is 16.2. The number of aromatic nitrogens is 3. The number of aryl methyl sites for hydroxylation is 1. The number of hydrogen-bond donors (Lipinski definition) is 2. The Bertz CT molecular complexity index is 363. The molecule has 2 heterocycles. The highest BCUT2D eigenvalue weighted by molar-refractivity contribution is 5.71. The van der Waals surface area contributed by atoms with Crippen LogP contribution in [0.25, 0.3) is 0 Å². The molecular weight excluding hydrogens is 196 g/mol. The second-order valence-electron chi connectivity index (χ2n) is 3.79. The van der Waals surface area contributed by atoms with E-state index in [0.29, 0.717) is 6.54 Å². The van der Waals surface area contributed by atoms with Crippen molar-refractivity contribution < 1.29 is 9.90 Å². The summed E-state index contributed by atoms with van der Waals surface area (Å²) in [6.07, 6.45) is 2.26. The molecule has 2 unspecified atom stereocenters. The first kappa shape index (κ1) is 10.1. The lowest BCUT2D eigenvalue weighted by Crippen LogP contribution is -2.40. The van der Waals surface area contributed by atoms with Crippen molar-refractivity contribution in [1.82, 2.24) is 20.1 Å². The van der Waals surface area contributed by atoms with Crippen molar-refractivity contribution in [3.05, 3.63) is 12.2 Å². The highest BCUT2D eigenvalue weighted by Crippen LogP contribution is 2.28. The van der Waals surface area contributed by atoms with E-state index < -0.39 is 11.9 Å². The van der Waals surface area contributed by atoms with Crippen LogP contribution in [0, 0.1) is 5.92 Å². The van der Waals surface area contributed by atoms with Crippen molar-refractivity contribution in [3.8, 4) is 0 Å². The van der Waals surface area contributed by atoms with E-state index in [4.69, 9.17) is 5.11 Å². The van der Waals surface area contributed by atoms with Gasteiger partial charge in [-0.3, -0.25) is 9.48 Å².